The molecule has 0 bridgehead atoms. The van der Waals surface area contributed by atoms with Crippen molar-refractivity contribution in [2.24, 2.45) is 0 Å². The number of hydrogen-bond donors (Lipinski definition) is 0. The average Bonchev–Trinajstić information content (AvgIpc) is 3.00. The predicted octanol–water partition coefficient (Wildman–Crippen LogP) is 3.83. The van der Waals surface area contributed by atoms with Crippen LogP contribution in [0.3, 0.4) is 0 Å². The Kier molecular flexibility index (Phi) is 4.30. The van der Waals surface area contributed by atoms with Gasteiger partial charge in [0.1, 0.15) is 6.61 Å². The SMILES string of the molecule is O=C(C=Cc1ccc2c(c1)OCO2)OCc1ccc(Cl)cc1. The van der Waals surface area contributed by atoms with Crippen molar-refractivity contribution in [2.75, 3.05) is 6.79 Å². The molecular weight excluding hydrogens is 304 g/mol. The Labute approximate surface area is 132 Å². The van der Waals surface area contributed by atoms with Gasteiger partial charge in [-0.2, -0.15) is 0 Å². The van der Waals surface area contributed by atoms with E-state index in [1.54, 1.807) is 24.3 Å². The largest absolute Gasteiger partial charge is 0.458 e. The molecule has 2 aromatic rings. The summed E-state index contributed by atoms with van der Waals surface area (Å²) in [6.07, 6.45) is 3.06. The minimum absolute atomic E-state index is 0.210. The highest BCUT2D eigenvalue weighted by atomic mass is 35.5. The van der Waals surface area contributed by atoms with Gasteiger partial charge in [-0.15, -0.1) is 0 Å². The van der Waals surface area contributed by atoms with Crippen LogP contribution in [0.5, 0.6) is 11.5 Å². The fourth-order valence-corrected chi connectivity index (χ4v) is 2.09. The molecule has 1 heterocycles. The Bertz CT molecular complexity index is 707. The van der Waals surface area contributed by atoms with Crippen molar-refractivity contribution < 1.29 is 19.0 Å². The quantitative estimate of drug-likeness (QED) is 0.635. The summed E-state index contributed by atoms with van der Waals surface area (Å²) in [5, 5.41) is 0.651. The minimum Gasteiger partial charge on any atom is -0.458 e. The Morgan fingerprint density at radius 3 is 2.73 bits per heavy atom. The van der Waals surface area contributed by atoms with Crippen molar-refractivity contribution in [3.63, 3.8) is 0 Å². The van der Waals surface area contributed by atoms with Crippen LogP contribution in [-0.4, -0.2) is 12.8 Å². The molecule has 0 aromatic heterocycles. The van der Waals surface area contributed by atoms with Crippen LogP contribution in [0.4, 0.5) is 0 Å². The topological polar surface area (TPSA) is 44.8 Å². The molecule has 112 valence electrons. The van der Waals surface area contributed by atoms with E-state index in [9.17, 15) is 4.79 Å². The van der Waals surface area contributed by atoms with E-state index in [0.29, 0.717) is 16.5 Å². The van der Waals surface area contributed by atoms with Crippen LogP contribution in [0, 0.1) is 0 Å². The van der Waals surface area contributed by atoms with E-state index in [0.717, 1.165) is 11.1 Å². The van der Waals surface area contributed by atoms with E-state index in [-0.39, 0.29) is 13.4 Å². The molecule has 3 rings (SSSR count). The van der Waals surface area contributed by atoms with Crippen LogP contribution in [-0.2, 0) is 16.1 Å². The lowest BCUT2D eigenvalue weighted by molar-refractivity contribution is -0.138. The monoisotopic (exact) mass is 316 g/mol. The second-order valence-electron chi connectivity index (χ2n) is 4.68. The molecule has 0 saturated heterocycles. The van der Waals surface area contributed by atoms with Gasteiger partial charge in [0.25, 0.3) is 0 Å². The smallest absolute Gasteiger partial charge is 0.331 e. The number of fused-ring (bicyclic) bond motifs is 1. The van der Waals surface area contributed by atoms with Gasteiger partial charge in [0.2, 0.25) is 6.79 Å². The van der Waals surface area contributed by atoms with Crippen molar-refractivity contribution in [2.45, 2.75) is 6.61 Å². The maximum absolute atomic E-state index is 11.7. The zero-order valence-electron chi connectivity index (χ0n) is 11.6. The molecule has 0 aliphatic carbocycles. The Hall–Kier alpha value is -2.46. The van der Waals surface area contributed by atoms with Gasteiger partial charge in [-0.3, -0.25) is 0 Å². The van der Waals surface area contributed by atoms with Gasteiger partial charge in [0.05, 0.1) is 0 Å². The summed E-state index contributed by atoms with van der Waals surface area (Å²) in [5.74, 6) is 0.978. The van der Waals surface area contributed by atoms with Gasteiger partial charge in [0.15, 0.2) is 11.5 Å². The van der Waals surface area contributed by atoms with E-state index in [2.05, 4.69) is 0 Å². The lowest BCUT2D eigenvalue weighted by Gasteiger charge is -2.02. The minimum atomic E-state index is -0.410. The molecule has 0 amide bonds. The third-order valence-electron chi connectivity index (χ3n) is 3.10. The Balaban J connectivity index is 1.56. The second-order valence-corrected chi connectivity index (χ2v) is 5.12. The van der Waals surface area contributed by atoms with E-state index < -0.39 is 5.97 Å². The Morgan fingerprint density at radius 1 is 1.14 bits per heavy atom. The molecule has 0 N–H and O–H groups in total. The maximum Gasteiger partial charge on any atom is 0.331 e. The molecule has 1 aliphatic heterocycles. The Morgan fingerprint density at radius 2 is 1.91 bits per heavy atom. The van der Waals surface area contributed by atoms with Gasteiger partial charge in [-0.1, -0.05) is 29.8 Å². The van der Waals surface area contributed by atoms with E-state index in [4.69, 9.17) is 25.8 Å². The standard InChI is InChI=1S/C17H13ClO4/c18-14-5-1-13(2-6-14)10-20-17(19)8-4-12-3-7-15-16(9-12)22-11-21-15/h1-9H,10-11H2. The highest BCUT2D eigenvalue weighted by molar-refractivity contribution is 6.30. The van der Waals surface area contributed by atoms with E-state index in [1.807, 2.05) is 24.3 Å². The number of hydrogen-bond acceptors (Lipinski definition) is 4. The summed E-state index contributed by atoms with van der Waals surface area (Å²) in [7, 11) is 0. The summed E-state index contributed by atoms with van der Waals surface area (Å²) in [4.78, 5) is 11.7. The van der Waals surface area contributed by atoms with Gasteiger partial charge in [-0.05, 0) is 41.5 Å². The summed E-state index contributed by atoms with van der Waals surface area (Å²) >= 11 is 5.79. The zero-order valence-corrected chi connectivity index (χ0v) is 12.4. The van der Waals surface area contributed by atoms with E-state index in [1.165, 1.54) is 6.08 Å². The van der Waals surface area contributed by atoms with Gasteiger partial charge >= 0.3 is 5.97 Å². The van der Waals surface area contributed by atoms with Crippen LogP contribution in [0.1, 0.15) is 11.1 Å². The van der Waals surface area contributed by atoms with Crippen molar-refractivity contribution in [3.05, 3.63) is 64.7 Å². The normalized spacial score (nSPS) is 12.6. The highest BCUT2D eigenvalue weighted by Gasteiger charge is 2.12. The average molecular weight is 317 g/mol. The van der Waals surface area contributed by atoms with Crippen LogP contribution in [0.25, 0.3) is 6.08 Å². The molecule has 0 saturated carbocycles. The molecule has 2 aromatic carbocycles. The van der Waals surface area contributed by atoms with Crippen LogP contribution >= 0.6 is 11.6 Å². The number of halogens is 1. The number of benzene rings is 2. The maximum atomic E-state index is 11.7. The van der Waals surface area contributed by atoms with Gasteiger partial charge in [0, 0.05) is 11.1 Å². The molecular formula is C17H13ClO4. The first kappa shape index (κ1) is 14.5. The van der Waals surface area contributed by atoms with Gasteiger partial charge < -0.3 is 14.2 Å². The van der Waals surface area contributed by atoms with Crippen LogP contribution in [0.2, 0.25) is 5.02 Å². The number of carbonyl (C=O) groups excluding carboxylic acids is 1. The van der Waals surface area contributed by atoms with Crippen molar-refractivity contribution in [1.29, 1.82) is 0 Å². The molecule has 1 aliphatic rings. The molecule has 0 radical (unpaired) electrons. The summed E-state index contributed by atoms with van der Waals surface area (Å²) in [6.45, 7) is 0.438. The number of ether oxygens (including phenoxy) is 3. The fraction of sp³-hybridized carbons (Fsp3) is 0.118. The lowest BCUT2D eigenvalue weighted by Crippen LogP contribution is -2.00. The zero-order chi connectivity index (χ0) is 15.4. The molecule has 0 atom stereocenters. The first-order valence-electron chi connectivity index (χ1n) is 6.70. The second kappa shape index (κ2) is 6.54. The molecule has 0 spiro atoms. The lowest BCUT2D eigenvalue weighted by atomic mass is 10.2. The summed E-state index contributed by atoms with van der Waals surface area (Å²) in [5.41, 5.74) is 1.72. The molecule has 4 nitrogen and oxygen atoms in total. The van der Waals surface area contributed by atoms with E-state index >= 15 is 0 Å². The summed E-state index contributed by atoms with van der Waals surface area (Å²) in [6, 6.07) is 12.6. The fourth-order valence-electron chi connectivity index (χ4n) is 1.96. The summed E-state index contributed by atoms with van der Waals surface area (Å²) < 4.78 is 15.7. The molecule has 5 heteroatoms. The number of rotatable bonds is 4. The molecule has 0 unspecified atom stereocenters. The van der Waals surface area contributed by atoms with Crippen LogP contribution < -0.4 is 9.47 Å². The predicted molar refractivity (Wildman–Crippen MR) is 82.8 cm³/mol. The van der Waals surface area contributed by atoms with Crippen LogP contribution in [0.15, 0.2) is 48.5 Å². The van der Waals surface area contributed by atoms with Crippen molar-refractivity contribution in [1.82, 2.24) is 0 Å². The van der Waals surface area contributed by atoms with Gasteiger partial charge in [-0.25, -0.2) is 4.79 Å². The van der Waals surface area contributed by atoms with Crippen molar-refractivity contribution in [3.8, 4) is 11.5 Å². The first-order valence-corrected chi connectivity index (χ1v) is 7.07. The number of esters is 1. The number of carbonyl (C=O) groups is 1. The first-order chi connectivity index (χ1) is 10.7. The highest BCUT2D eigenvalue weighted by Crippen LogP contribution is 2.32. The third kappa shape index (κ3) is 3.59. The van der Waals surface area contributed by atoms with Crippen molar-refractivity contribution >= 4 is 23.6 Å². The molecule has 0 fully saturated rings. The molecule has 22 heavy (non-hydrogen) atoms. The third-order valence-corrected chi connectivity index (χ3v) is 3.35.